The van der Waals surface area contributed by atoms with E-state index in [1.807, 2.05) is 37.3 Å². The van der Waals surface area contributed by atoms with E-state index in [9.17, 15) is 9.18 Å². The van der Waals surface area contributed by atoms with E-state index in [2.05, 4.69) is 24.1 Å². The summed E-state index contributed by atoms with van der Waals surface area (Å²) in [5, 5.41) is 3.06. The molecule has 0 spiro atoms. The molecule has 0 aromatic heterocycles. The van der Waals surface area contributed by atoms with Crippen molar-refractivity contribution >= 4 is 5.91 Å². The van der Waals surface area contributed by atoms with Gasteiger partial charge in [0.15, 0.2) is 0 Å². The summed E-state index contributed by atoms with van der Waals surface area (Å²) in [5.74, 6) is -0.0494. The van der Waals surface area contributed by atoms with E-state index in [4.69, 9.17) is 0 Å². The summed E-state index contributed by atoms with van der Waals surface area (Å²) in [5.41, 5.74) is 2.24. The fourth-order valence-corrected chi connectivity index (χ4v) is 4.19. The standard InChI is InChI=1S/C24H31FN2O/c1-4-26-23(28)24(13-15-27(16-14-24)18(2)3)17-19-9-11-20(12-10-19)21-7-5-6-8-22(21)25/h5-12,18H,4,13-17H2,1-3H3,(H,26,28). The number of rotatable bonds is 6. The van der Waals surface area contributed by atoms with Gasteiger partial charge in [-0.2, -0.15) is 0 Å². The zero-order chi connectivity index (χ0) is 20.1. The molecule has 28 heavy (non-hydrogen) atoms. The van der Waals surface area contributed by atoms with Crippen LogP contribution >= 0.6 is 0 Å². The summed E-state index contributed by atoms with van der Waals surface area (Å²) in [6, 6.07) is 15.3. The van der Waals surface area contributed by atoms with Crippen LogP contribution in [-0.2, 0) is 11.2 Å². The van der Waals surface area contributed by atoms with Crippen molar-refractivity contribution in [3.8, 4) is 11.1 Å². The van der Waals surface area contributed by atoms with Crippen LogP contribution in [0.5, 0.6) is 0 Å². The quantitative estimate of drug-likeness (QED) is 0.788. The fourth-order valence-electron chi connectivity index (χ4n) is 4.19. The first-order valence-corrected chi connectivity index (χ1v) is 10.3. The molecule has 2 aromatic carbocycles. The SMILES string of the molecule is CCNC(=O)C1(Cc2ccc(-c3ccccc3F)cc2)CCN(C(C)C)CC1. The lowest BCUT2D eigenvalue weighted by atomic mass is 9.72. The summed E-state index contributed by atoms with van der Waals surface area (Å²) in [6.07, 6.45) is 2.46. The smallest absolute Gasteiger partial charge is 0.226 e. The number of nitrogens with zero attached hydrogens (tertiary/aromatic N) is 1. The molecule has 0 unspecified atom stereocenters. The maximum Gasteiger partial charge on any atom is 0.226 e. The summed E-state index contributed by atoms with van der Waals surface area (Å²) in [6.45, 7) is 8.93. The molecule has 0 saturated carbocycles. The second-order valence-corrected chi connectivity index (χ2v) is 8.12. The molecule has 0 atom stereocenters. The number of likely N-dealkylation sites (tertiary alicyclic amines) is 1. The van der Waals surface area contributed by atoms with Crippen molar-refractivity contribution in [1.29, 1.82) is 0 Å². The third-order valence-corrected chi connectivity index (χ3v) is 5.99. The van der Waals surface area contributed by atoms with Crippen molar-refractivity contribution in [2.24, 2.45) is 5.41 Å². The zero-order valence-electron chi connectivity index (χ0n) is 17.2. The van der Waals surface area contributed by atoms with Gasteiger partial charge in [-0.05, 0) is 70.3 Å². The Bertz CT molecular complexity index is 793. The van der Waals surface area contributed by atoms with Gasteiger partial charge in [0.05, 0.1) is 5.41 Å². The highest BCUT2D eigenvalue weighted by Gasteiger charge is 2.41. The number of benzene rings is 2. The molecule has 3 rings (SSSR count). The molecule has 4 heteroatoms. The molecule has 0 radical (unpaired) electrons. The maximum atomic E-state index is 14.0. The molecule has 1 fully saturated rings. The Morgan fingerprint density at radius 1 is 1.11 bits per heavy atom. The highest BCUT2D eigenvalue weighted by Crippen LogP contribution is 2.36. The highest BCUT2D eigenvalue weighted by molar-refractivity contribution is 5.83. The van der Waals surface area contributed by atoms with Crippen molar-refractivity contribution in [1.82, 2.24) is 10.2 Å². The zero-order valence-corrected chi connectivity index (χ0v) is 17.2. The maximum absolute atomic E-state index is 14.0. The van der Waals surface area contributed by atoms with Crippen LogP contribution < -0.4 is 5.32 Å². The average molecular weight is 383 g/mol. The van der Waals surface area contributed by atoms with Gasteiger partial charge in [0.1, 0.15) is 5.82 Å². The highest BCUT2D eigenvalue weighted by atomic mass is 19.1. The monoisotopic (exact) mass is 382 g/mol. The van der Waals surface area contributed by atoms with Crippen LogP contribution in [0.2, 0.25) is 0 Å². The van der Waals surface area contributed by atoms with E-state index in [-0.39, 0.29) is 17.1 Å². The summed E-state index contributed by atoms with van der Waals surface area (Å²) >= 11 is 0. The van der Waals surface area contributed by atoms with Gasteiger partial charge in [0, 0.05) is 18.2 Å². The number of piperidine rings is 1. The topological polar surface area (TPSA) is 32.3 Å². The van der Waals surface area contributed by atoms with Crippen molar-refractivity contribution < 1.29 is 9.18 Å². The van der Waals surface area contributed by atoms with Gasteiger partial charge in [-0.1, -0.05) is 42.5 Å². The van der Waals surface area contributed by atoms with E-state index in [1.54, 1.807) is 12.1 Å². The van der Waals surface area contributed by atoms with E-state index >= 15 is 0 Å². The predicted octanol–water partition coefficient (Wildman–Crippen LogP) is 4.66. The molecule has 1 saturated heterocycles. The molecule has 150 valence electrons. The lowest BCUT2D eigenvalue weighted by Crippen LogP contribution is -2.51. The summed E-state index contributed by atoms with van der Waals surface area (Å²) < 4.78 is 14.0. The van der Waals surface area contributed by atoms with Gasteiger partial charge in [0.25, 0.3) is 0 Å². The molecule has 1 N–H and O–H groups in total. The van der Waals surface area contributed by atoms with Crippen molar-refractivity contribution in [3.05, 3.63) is 59.9 Å². The van der Waals surface area contributed by atoms with Crippen LogP contribution in [0.25, 0.3) is 11.1 Å². The van der Waals surface area contributed by atoms with Gasteiger partial charge in [-0.3, -0.25) is 4.79 Å². The Kier molecular flexibility index (Phi) is 6.50. The minimum Gasteiger partial charge on any atom is -0.356 e. The van der Waals surface area contributed by atoms with Gasteiger partial charge in [0.2, 0.25) is 5.91 Å². The van der Waals surface area contributed by atoms with E-state index < -0.39 is 0 Å². The minimum absolute atomic E-state index is 0.164. The average Bonchev–Trinajstić information content (AvgIpc) is 2.69. The normalized spacial score (nSPS) is 16.9. The number of nitrogens with one attached hydrogen (secondary N) is 1. The van der Waals surface area contributed by atoms with E-state index in [0.29, 0.717) is 18.2 Å². The van der Waals surface area contributed by atoms with Crippen LogP contribution in [0.1, 0.15) is 39.2 Å². The largest absolute Gasteiger partial charge is 0.356 e. The third kappa shape index (κ3) is 4.44. The van der Waals surface area contributed by atoms with Crippen molar-refractivity contribution in [2.75, 3.05) is 19.6 Å². The Hall–Kier alpha value is -2.20. The van der Waals surface area contributed by atoms with Gasteiger partial charge in [-0.25, -0.2) is 4.39 Å². The summed E-state index contributed by atoms with van der Waals surface area (Å²) in [4.78, 5) is 15.4. The number of carbonyl (C=O) groups excluding carboxylic acids is 1. The first kappa shape index (κ1) is 20.5. The lowest BCUT2D eigenvalue weighted by Gasteiger charge is -2.42. The molecule has 1 aliphatic heterocycles. The van der Waals surface area contributed by atoms with Crippen LogP contribution in [-0.4, -0.2) is 36.5 Å². The molecule has 3 nitrogen and oxygen atoms in total. The third-order valence-electron chi connectivity index (χ3n) is 5.99. The Balaban J connectivity index is 1.79. The second kappa shape index (κ2) is 8.87. The number of amides is 1. The Morgan fingerprint density at radius 3 is 2.32 bits per heavy atom. The van der Waals surface area contributed by atoms with E-state index in [0.717, 1.165) is 43.5 Å². The Morgan fingerprint density at radius 2 is 1.75 bits per heavy atom. The van der Waals surface area contributed by atoms with Crippen LogP contribution in [0.4, 0.5) is 4.39 Å². The van der Waals surface area contributed by atoms with Gasteiger partial charge >= 0.3 is 0 Å². The molecular formula is C24H31FN2O. The molecular weight excluding hydrogens is 351 g/mol. The molecule has 1 heterocycles. The first-order chi connectivity index (χ1) is 13.4. The van der Waals surface area contributed by atoms with Crippen LogP contribution in [0, 0.1) is 11.2 Å². The molecule has 0 bridgehead atoms. The summed E-state index contributed by atoms with van der Waals surface area (Å²) in [7, 11) is 0. The van der Waals surface area contributed by atoms with Crippen molar-refractivity contribution in [2.45, 2.75) is 46.1 Å². The number of hydrogen-bond donors (Lipinski definition) is 1. The lowest BCUT2D eigenvalue weighted by molar-refractivity contribution is -0.134. The first-order valence-electron chi connectivity index (χ1n) is 10.3. The molecule has 0 aliphatic carbocycles. The molecule has 1 aliphatic rings. The minimum atomic E-state index is -0.360. The molecule has 1 amide bonds. The fraction of sp³-hybridized carbons (Fsp3) is 0.458. The number of hydrogen-bond acceptors (Lipinski definition) is 2. The van der Waals surface area contributed by atoms with E-state index in [1.165, 1.54) is 6.07 Å². The number of carbonyl (C=O) groups is 1. The van der Waals surface area contributed by atoms with Gasteiger partial charge in [-0.15, -0.1) is 0 Å². The van der Waals surface area contributed by atoms with Crippen molar-refractivity contribution in [3.63, 3.8) is 0 Å². The second-order valence-electron chi connectivity index (χ2n) is 8.12. The number of halogens is 1. The van der Waals surface area contributed by atoms with Gasteiger partial charge < -0.3 is 10.2 Å². The van der Waals surface area contributed by atoms with Crippen LogP contribution in [0.15, 0.2) is 48.5 Å². The molecule has 2 aromatic rings. The predicted molar refractivity (Wildman–Crippen MR) is 113 cm³/mol. The Labute approximate surface area is 167 Å². The van der Waals surface area contributed by atoms with Crippen LogP contribution in [0.3, 0.4) is 0 Å².